The normalized spacial score (nSPS) is 19.6. The van der Waals surface area contributed by atoms with Crippen LogP contribution in [0.3, 0.4) is 0 Å². The van der Waals surface area contributed by atoms with Crippen LogP contribution in [0.5, 0.6) is 5.75 Å². The fraction of sp³-hybridized carbons (Fsp3) is 0.417. The quantitative estimate of drug-likeness (QED) is 0.323. The first-order valence-electron chi connectivity index (χ1n) is 10.3. The summed E-state index contributed by atoms with van der Waals surface area (Å²) in [5, 5.41) is 0. The fourth-order valence-corrected chi connectivity index (χ4v) is 4.21. The van der Waals surface area contributed by atoms with E-state index in [1.54, 1.807) is 0 Å². The number of hydrogen-bond acceptors (Lipinski definition) is 1. The van der Waals surface area contributed by atoms with Gasteiger partial charge in [-0.25, -0.2) is 22.0 Å². The number of alkyl halides is 2. The van der Waals surface area contributed by atoms with Crippen LogP contribution in [0.4, 0.5) is 22.0 Å². The van der Waals surface area contributed by atoms with Crippen LogP contribution in [0.1, 0.15) is 56.9 Å². The highest BCUT2D eigenvalue weighted by Gasteiger charge is 2.23. The Labute approximate surface area is 173 Å². The van der Waals surface area contributed by atoms with E-state index in [0.717, 1.165) is 49.3 Å². The van der Waals surface area contributed by atoms with Crippen LogP contribution in [-0.2, 0) is 0 Å². The summed E-state index contributed by atoms with van der Waals surface area (Å²) in [6.45, 7) is 2.19. The van der Waals surface area contributed by atoms with Gasteiger partial charge in [0.15, 0.2) is 17.4 Å². The maximum absolute atomic E-state index is 14.8. The van der Waals surface area contributed by atoms with Crippen molar-refractivity contribution in [3.63, 3.8) is 0 Å². The van der Waals surface area contributed by atoms with Gasteiger partial charge >= 0.3 is 0 Å². The Kier molecular flexibility index (Phi) is 7.51. The van der Waals surface area contributed by atoms with E-state index >= 15 is 0 Å². The molecule has 0 N–H and O–H groups in total. The summed E-state index contributed by atoms with van der Waals surface area (Å²) in [5.74, 6) is -2.50. The van der Waals surface area contributed by atoms with E-state index in [-0.39, 0.29) is 11.1 Å². The van der Waals surface area contributed by atoms with Crippen LogP contribution in [0.15, 0.2) is 42.7 Å². The standard InChI is InChI=1S/C24H25F5O/c1-2-3-15-4-6-16(7-5-15)17-8-9-19(20(25)12-17)18-13-21(26)24(22(27)14-18)30-11-10-23(28)29/h8-16,23H,2-7H2,1H3/b11-10+. The van der Waals surface area contributed by atoms with Crippen LogP contribution in [0.25, 0.3) is 11.1 Å². The Hall–Kier alpha value is -2.37. The van der Waals surface area contributed by atoms with E-state index in [9.17, 15) is 22.0 Å². The molecular weight excluding hydrogens is 399 g/mol. The molecule has 0 spiro atoms. The third-order valence-corrected chi connectivity index (χ3v) is 5.73. The molecule has 0 unspecified atom stereocenters. The van der Waals surface area contributed by atoms with Gasteiger partial charge in [-0.15, -0.1) is 0 Å². The Balaban J connectivity index is 1.77. The Morgan fingerprint density at radius 1 is 0.967 bits per heavy atom. The highest BCUT2D eigenvalue weighted by Crippen LogP contribution is 2.39. The summed E-state index contributed by atoms with van der Waals surface area (Å²) in [4.78, 5) is 0. The van der Waals surface area contributed by atoms with Crippen LogP contribution < -0.4 is 4.74 Å². The highest BCUT2D eigenvalue weighted by molar-refractivity contribution is 5.66. The van der Waals surface area contributed by atoms with Gasteiger partial charge in [0, 0.05) is 11.6 Å². The van der Waals surface area contributed by atoms with Crippen molar-refractivity contribution in [2.45, 2.75) is 57.8 Å². The number of halogens is 5. The molecule has 0 heterocycles. The molecule has 1 aliphatic rings. The second-order valence-electron chi connectivity index (χ2n) is 7.80. The van der Waals surface area contributed by atoms with Crippen LogP contribution in [-0.4, -0.2) is 6.43 Å². The molecule has 2 aromatic rings. The van der Waals surface area contributed by atoms with Gasteiger partial charge in [0.1, 0.15) is 5.82 Å². The summed E-state index contributed by atoms with van der Waals surface area (Å²) in [6.07, 6.45) is 4.81. The SMILES string of the molecule is CCCC1CCC(c2ccc(-c3cc(F)c(O/C=C/C(F)F)c(F)c3)c(F)c2)CC1. The third-order valence-electron chi connectivity index (χ3n) is 5.73. The molecule has 0 saturated heterocycles. The fourth-order valence-electron chi connectivity index (χ4n) is 4.21. The van der Waals surface area contributed by atoms with Gasteiger partial charge in [-0.1, -0.05) is 31.9 Å². The molecule has 0 amide bonds. The zero-order valence-corrected chi connectivity index (χ0v) is 16.8. The van der Waals surface area contributed by atoms with Crippen molar-refractivity contribution in [2.75, 3.05) is 0 Å². The van der Waals surface area contributed by atoms with E-state index in [1.165, 1.54) is 25.0 Å². The van der Waals surface area contributed by atoms with E-state index in [1.807, 2.05) is 6.07 Å². The molecule has 1 aliphatic carbocycles. The predicted molar refractivity (Wildman–Crippen MR) is 107 cm³/mol. The predicted octanol–water partition coefficient (Wildman–Crippen LogP) is 8.00. The van der Waals surface area contributed by atoms with Gasteiger partial charge in [-0.2, -0.15) is 0 Å². The van der Waals surface area contributed by atoms with E-state index < -0.39 is 29.6 Å². The van der Waals surface area contributed by atoms with Crippen molar-refractivity contribution in [3.05, 3.63) is 65.7 Å². The second-order valence-corrected chi connectivity index (χ2v) is 7.80. The van der Waals surface area contributed by atoms with Crippen molar-refractivity contribution in [2.24, 2.45) is 5.92 Å². The lowest BCUT2D eigenvalue weighted by Gasteiger charge is -2.28. The average molecular weight is 424 g/mol. The molecule has 3 rings (SSSR count). The number of allylic oxidation sites excluding steroid dienone is 1. The van der Waals surface area contributed by atoms with Crippen molar-refractivity contribution in [1.82, 2.24) is 0 Å². The molecule has 1 nitrogen and oxygen atoms in total. The van der Waals surface area contributed by atoms with Crippen molar-refractivity contribution < 1.29 is 26.7 Å². The molecule has 6 heteroatoms. The topological polar surface area (TPSA) is 9.23 Å². The number of ether oxygens (including phenoxy) is 1. The summed E-state index contributed by atoms with van der Waals surface area (Å²) < 4.78 is 72.0. The lowest BCUT2D eigenvalue weighted by molar-refractivity contribution is 0.200. The highest BCUT2D eigenvalue weighted by atomic mass is 19.3. The molecular formula is C24H25F5O. The Bertz CT molecular complexity index is 862. The third kappa shape index (κ3) is 5.41. The Morgan fingerprint density at radius 2 is 1.63 bits per heavy atom. The lowest BCUT2D eigenvalue weighted by atomic mass is 9.77. The molecule has 0 atom stereocenters. The van der Waals surface area contributed by atoms with Crippen molar-refractivity contribution in [1.29, 1.82) is 0 Å². The van der Waals surface area contributed by atoms with Crippen LogP contribution in [0.2, 0.25) is 0 Å². The molecule has 1 fully saturated rings. The molecule has 0 radical (unpaired) electrons. The second kappa shape index (κ2) is 10.1. The van der Waals surface area contributed by atoms with E-state index in [4.69, 9.17) is 0 Å². The van der Waals surface area contributed by atoms with E-state index in [2.05, 4.69) is 11.7 Å². The minimum atomic E-state index is -2.80. The van der Waals surface area contributed by atoms with Crippen molar-refractivity contribution >= 4 is 0 Å². The van der Waals surface area contributed by atoms with Gasteiger partial charge < -0.3 is 4.74 Å². The number of benzene rings is 2. The van der Waals surface area contributed by atoms with Gasteiger partial charge in [0.25, 0.3) is 6.43 Å². The average Bonchev–Trinajstić information content (AvgIpc) is 2.70. The molecule has 1 saturated carbocycles. The van der Waals surface area contributed by atoms with Crippen LogP contribution in [0, 0.1) is 23.4 Å². The molecule has 0 aliphatic heterocycles. The monoisotopic (exact) mass is 424 g/mol. The molecule has 2 aromatic carbocycles. The summed E-state index contributed by atoms with van der Waals surface area (Å²) in [5.41, 5.74) is 1.00. The molecule has 30 heavy (non-hydrogen) atoms. The zero-order valence-electron chi connectivity index (χ0n) is 16.8. The maximum atomic E-state index is 14.8. The first-order chi connectivity index (χ1) is 14.4. The Morgan fingerprint density at radius 3 is 2.20 bits per heavy atom. The summed E-state index contributed by atoms with van der Waals surface area (Å²) in [7, 11) is 0. The van der Waals surface area contributed by atoms with Gasteiger partial charge in [-0.3, -0.25) is 0 Å². The minimum Gasteiger partial charge on any atom is -0.459 e. The number of hydrogen-bond donors (Lipinski definition) is 0. The largest absolute Gasteiger partial charge is 0.459 e. The summed E-state index contributed by atoms with van der Waals surface area (Å²) in [6, 6.07) is 6.67. The molecule has 162 valence electrons. The molecule has 0 bridgehead atoms. The summed E-state index contributed by atoms with van der Waals surface area (Å²) >= 11 is 0. The molecule has 0 aromatic heterocycles. The van der Waals surface area contributed by atoms with Crippen molar-refractivity contribution in [3.8, 4) is 16.9 Å². The number of rotatable bonds is 7. The van der Waals surface area contributed by atoms with Gasteiger partial charge in [0.2, 0.25) is 0 Å². The minimum absolute atomic E-state index is 0.0193. The van der Waals surface area contributed by atoms with E-state index in [0.29, 0.717) is 18.3 Å². The first kappa shape index (κ1) is 22.3. The smallest absolute Gasteiger partial charge is 0.260 e. The zero-order chi connectivity index (χ0) is 21.7. The van der Waals surface area contributed by atoms with Crippen LogP contribution >= 0.6 is 0 Å². The lowest BCUT2D eigenvalue weighted by Crippen LogP contribution is -2.13. The van der Waals surface area contributed by atoms with Gasteiger partial charge in [0.05, 0.1) is 6.26 Å². The maximum Gasteiger partial charge on any atom is 0.260 e. The first-order valence-corrected chi connectivity index (χ1v) is 10.3. The van der Waals surface area contributed by atoms with Gasteiger partial charge in [-0.05, 0) is 66.8 Å².